The summed E-state index contributed by atoms with van der Waals surface area (Å²) >= 11 is 0. The number of hydrogen-bond acceptors (Lipinski definition) is 4. The molecule has 0 saturated carbocycles. The van der Waals surface area contributed by atoms with E-state index in [0.29, 0.717) is 13.0 Å². The summed E-state index contributed by atoms with van der Waals surface area (Å²) in [5.74, 6) is 0.255. The van der Waals surface area contributed by atoms with Crippen molar-refractivity contribution in [3.63, 3.8) is 0 Å². The smallest absolute Gasteiger partial charge is 0.223 e. The normalized spacial score (nSPS) is 24.4. The Morgan fingerprint density at radius 2 is 2.00 bits per heavy atom. The SMILES string of the molecule is CN(CCCN)C(=O)CCN1CCC(N2CCCCC2)C1. The number of piperidine rings is 1. The number of rotatable bonds is 7. The maximum atomic E-state index is 12.0. The van der Waals surface area contributed by atoms with Gasteiger partial charge in [-0.2, -0.15) is 0 Å². The van der Waals surface area contributed by atoms with Gasteiger partial charge in [-0.3, -0.25) is 9.69 Å². The highest BCUT2D eigenvalue weighted by atomic mass is 16.2. The van der Waals surface area contributed by atoms with Crippen LogP contribution in [0, 0.1) is 0 Å². The summed E-state index contributed by atoms with van der Waals surface area (Å²) < 4.78 is 0. The van der Waals surface area contributed by atoms with Crippen LogP contribution in [0.2, 0.25) is 0 Å². The lowest BCUT2D eigenvalue weighted by atomic mass is 10.1. The van der Waals surface area contributed by atoms with Crippen molar-refractivity contribution in [3.8, 4) is 0 Å². The average Bonchev–Trinajstić information content (AvgIpc) is 3.00. The predicted octanol–water partition coefficient (Wildman–Crippen LogP) is 0.744. The van der Waals surface area contributed by atoms with Gasteiger partial charge in [-0.25, -0.2) is 0 Å². The molecule has 1 atom stereocenters. The lowest BCUT2D eigenvalue weighted by Gasteiger charge is -2.32. The predicted molar refractivity (Wildman–Crippen MR) is 86.2 cm³/mol. The molecule has 0 radical (unpaired) electrons. The molecule has 5 heteroatoms. The maximum Gasteiger partial charge on any atom is 0.223 e. The molecule has 2 aliphatic rings. The van der Waals surface area contributed by atoms with Gasteiger partial charge in [-0.15, -0.1) is 0 Å². The second-order valence-electron chi connectivity index (χ2n) is 6.55. The minimum atomic E-state index is 0.255. The minimum Gasteiger partial charge on any atom is -0.346 e. The maximum absolute atomic E-state index is 12.0. The Morgan fingerprint density at radius 3 is 2.71 bits per heavy atom. The van der Waals surface area contributed by atoms with Crippen molar-refractivity contribution in [1.29, 1.82) is 0 Å². The Balaban J connectivity index is 1.64. The molecule has 0 aromatic rings. The highest BCUT2D eigenvalue weighted by Crippen LogP contribution is 2.20. The number of nitrogens with two attached hydrogens (primary N) is 1. The third-order valence-electron chi connectivity index (χ3n) is 4.92. The van der Waals surface area contributed by atoms with Crippen LogP contribution in [-0.4, -0.2) is 79.5 Å². The lowest BCUT2D eigenvalue weighted by Crippen LogP contribution is -2.41. The van der Waals surface area contributed by atoms with E-state index in [0.717, 1.165) is 38.6 Å². The van der Waals surface area contributed by atoms with E-state index in [-0.39, 0.29) is 5.91 Å². The van der Waals surface area contributed by atoms with Gasteiger partial charge in [0, 0.05) is 39.1 Å². The second-order valence-corrected chi connectivity index (χ2v) is 6.55. The molecule has 2 aliphatic heterocycles. The molecule has 21 heavy (non-hydrogen) atoms. The Bertz CT molecular complexity index is 317. The van der Waals surface area contributed by atoms with Crippen LogP contribution in [0.3, 0.4) is 0 Å². The molecule has 2 heterocycles. The number of hydrogen-bond donors (Lipinski definition) is 1. The fourth-order valence-electron chi connectivity index (χ4n) is 3.49. The largest absolute Gasteiger partial charge is 0.346 e. The van der Waals surface area contributed by atoms with E-state index >= 15 is 0 Å². The molecule has 0 bridgehead atoms. The zero-order valence-corrected chi connectivity index (χ0v) is 13.6. The zero-order valence-electron chi connectivity index (χ0n) is 13.6. The van der Waals surface area contributed by atoms with Gasteiger partial charge in [0.25, 0.3) is 0 Å². The van der Waals surface area contributed by atoms with E-state index in [1.165, 1.54) is 38.8 Å². The fourth-order valence-corrected chi connectivity index (χ4v) is 3.49. The lowest BCUT2D eigenvalue weighted by molar-refractivity contribution is -0.130. The van der Waals surface area contributed by atoms with Gasteiger partial charge < -0.3 is 15.5 Å². The highest BCUT2D eigenvalue weighted by Gasteiger charge is 2.28. The number of nitrogens with zero attached hydrogens (tertiary/aromatic N) is 3. The van der Waals surface area contributed by atoms with Crippen LogP contribution in [-0.2, 0) is 4.79 Å². The van der Waals surface area contributed by atoms with E-state index in [1.54, 1.807) is 0 Å². The third-order valence-corrected chi connectivity index (χ3v) is 4.92. The molecule has 2 fully saturated rings. The van der Waals surface area contributed by atoms with Crippen molar-refractivity contribution in [2.24, 2.45) is 5.73 Å². The summed E-state index contributed by atoms with van der Waals surface area (Å²) in [5.41, 5.74) is 5.49. The molecule has 0 aromatic carbocycles. The topological polar surface area (TPSA) is 52.8 Å². The first-order valence-corrected chi connectivity index (χ1v) is 8.61. The summed E-state index contributed by atoms with van der Waals surface area (Å²) in [6.45, 7) is 7.21. The van der Waals surface area contributed by atoms with Crippen LogP contribution in [0.5, 0.6) is 0 Å². The highest BCUT2D eigenvalue weighted by molar-refractivity contribution is 5.76. The van der Waals surface area contributed by atoms with Crippen LogP contribution >= 0.6 is 0 Å². The van der Waals surface area contributed by atoms with Gasteiger partial charge in [-0.05, 0) is 51.9 Å². The van der Waals surface area contributed by atoms with Crippen LogP contribution < -0.4 is 5.73 Å². The Labute approximate surface area is 129 Å². The van der Waals surface area contributed by atoms with Crippen molar-refractivity contribution in [2.45, 2.75) is 44.6 Å². The van der Waals surface area contributed by atoms with E-state index in [2.05, 4.69) is 9.80 Å². The first-order valence-electron chi connectivity index (χ1n) is 8.61. The summed E-state index contributed by atoms with van der Waals surface area (Å²) in [4.78, 5) is 19.0. The van der Waals surface area contributed by atoms with Crippen molar-refractivity contribution in [3.05, 3.63) is 0 Å². The van der Waals surface area contributed by atoms with Crippen LogP contribution in [0.1, 0.15) is 38.5 Å². The van der Waals surface area contributed by atoms with E-state index < -0.39 is 0 Å². The van der Waals surface area contributed by atoms with Crippen molar-refractivity contribution >= 4 is 5.91 Å². The number of carbonyl (C=O) groups excluding carboxylic acids is 1. The molecular formula is C16H32N4O. The Morgan fingerprint density at radius 1 is 1.24 bits per heavy atom. The summed E-state index contributed by atoms with van der Waals surface area (Å²) in [6.07, 6.45) is 6.94. The van der Waals surface area contributed by atoms with E-state index in [9.17, 15) is 4.79 Å². The molecule has 1 amide bonds. The van der Waals surface area contributed by atoms with Gasteiger partial charge in [0.1, 0.15) is 0 Å². The van der Waals surface area contributed by atoms with Gasteiger partial charge in [0.05, 0.1) is 0 Å². The van der Waals surface area contributed by atoms with Crippen LogP contribution in [0.4, 0.5) is 0 Å². The summed E-state index contributed by atoms with van der Waals surface area (Å²) in [5, 5.41) is 0. The van der Waals surface area contributed by atoms with Crippen LogP contribution in [0.15, 0.2) is 0 Å². The van der Waals surface area contributed by atoms with E-state index in [4.69, 9.17) is 5.73 Å². The van der Waals surface area contributed by atoms with Gasteiger partial charge in [0.15, 0.2) is 0 Å². The average molecular weight is 296 g/mol. The zero-order chi connectivity index (χ0) is 15.1. The summed E-state index contributed by atoms with van der Waals surface area (Å²) in [6, 6.07) is 0.732. The van der Waals surface area contributed by atoms with E-state index in [1.807, 2.05) is 11.9 Å². The Hall–Kier alpha value is -0.650. The quantitative estimate of drug-likeness (QED) is 0.753. The molecule has 0 aliphatic carbocycles. The van der Waals surface area contributed by atoms with Gasteiger partial charge >= 0.3 is 0 Å². The fraction of sp³-hybridized carbons (Fsp3) is 0.938. The molecular weight excluding hydrogens is 264 g/mol. The molecule has 0 spiro atoms. The molecule has 2 rings (SSSR count). The van der Waals surface area contributed by atoms with Gasteiger partial charge in [0.2, 0.25) is 5.91 Å². The molecule has 0 aromatic heterocycles. The standard InChI is InChI=1S/C16H32N4O/c1-18(9-5-8-17)16(21)7-13-19-12-6-15(14-19)20-10-3-2-4-11-20/h15H,2-14,17H2,1H3. The summed E-state index contributed by atoms with van der Waals surface area (Å²) in [7, 11) is 1.89. The first kappa shape index (κ1) is 16.7. The molecule has 1 unspecified atom stereocenters. The molecule has 2 saturated heterocycles. The number of likely N-dealkylation sites (tertiary alicyclic amines) is 2. The molecule has 5 nitrogen and oxygen atoms in total. The molecule has 2 N–H and O–H groups in total. The van der Waals surface area contributed by atoms with Gasteiger partial charge in [-0.1, -0.05) is 6.42 Å². The van der Waals surface area contributed by atoms with Crippen molar-refractivity contribution in [2.75, 3.05) is 52.9 Å². The molecule has 122 valence electrons. The van der Waals surface area contributed by atoms with Crippen molar-refractivity contribution < 1.29 is 4.79 Å². The number of carbonyl (C=O) groups is 1. The monoisotopic (exact) mass is 296 g/mol. The third kappa shape index (κ3) is 5.24. The minimum absolute atomic E-state index is 0.255. The number of amides is 1. The second kappa shape index (κ2) is 8.71. The van der Waals surface area contributed by atoms with Crippen molar-refractivity contribution in [1.82, 2.24) is 14.7 Å². The Kier molecular flexibility index (Phi) is 6.93. The first-order chi connectivity index (χ1) is 10.2. The van der Waals surface area contributed by atoms with Crippen LogP contribution in [0.25, 0.3) is 0 Å².